The van der Waals surface area contributed by atoms with E-state index in [0.717, 1.165) is 32.0 Å². The maximum Gasteiger partial charge on any atom is 0.119 e. The molecule has 0 saturated carbocycles. The molecule has 0 radical (unpaired) electrons. The predicted octanol–water partition coefficient (Wildman–Crippen LogP) is 1.52. The number of hydrogen-bond acceptors (Lipinski definition) is 2. The Bertz CT molecular complexity index is 79.3. The van der Waals surface area contributed by atoms with Crippen molar-refractivity contribution in [3.63, 3.8) is 0 Å². The molecule has 0 aromatic carbocycles. The van der Waals surface area contributed by atoms with Gasteiger partial charge in [-0.2, -0.15) is 0 Å². The molecule has 0 saturated heterocycles. The van der Waals surface area contributed by atoms with Crippen molar-refractivity contribution in [3.05, 3.63) is 0 Å². The van der Waals surface area contributed by atoms with Crippen LogP contribution in [0.25, 0.3) is 0 Å². The van der Waals surface area contributed by atoms with E-state index in [-0.39, 0.29) is 6.10 Å². The molecule has 0 heterocycles. The van der Waals surface area contributed by atoms with Gasteiger partial charge < -0.3 is 9.90 Å². The molecule has 10 heavy (non-hydrogen) atoms. The van der Waals surface area contributed by atoms with Crippen LogP contribution in [0.15, 0.2) is 0 Å². The van der Waals surface area contributed by atoms with Crippen molar-refractivity contribution in [2.45, 2.75) is 45.1 Å². The highest BCUT2D eigenvalue weighted by atomic mass is 16.3. The summed E-state index contributed by atoms with van der Waals surface area (Å²) in [6.45, 7) is 1.79. The van der Waals surface area contributed by atoms with E-state index in [1.807, 2.05) is 0 Å². The van der Waals surface area contributed by atoms with E-state index >= 15 is 0 Å². The zero-order chi connectivity index (χ0) is 7.82. The molecular formula is C8H16O2. The summed E-state index contributed by atoms with van der Waals surface area (Å²) in [5, 5.41) is 8.84. The van der Waals surface area contributed by atoms with Gasteiger partial charge in [-0.15, -0.1) is 0 Å². The van der Waals surface area contributed by atoms with E-state index in [1.54, 1.807) is 6.92 Å². The predicted molar refractivity (Wildman–Crippen MR) is 40.8 cm³/mol. The van der Waals surface area contributed by atoms with E-state index in [9.17, 15) is 4.79 Å². The minimum absolute atomic E-state index is 0.184. The van der Waals surface area contributed by atoms with Crippen LogP contribution in [0.5, 0.6) is 0 Å². The molecule has 0 aliphatic heterocycles. The fourth-order valence-corrected chi connectivity index (χ4v) is 0.844. The van der Waals surface area contributed by atoms with Gasteiger partial charge in [-0.3, -0.25) is 0 Å². The third-order valence-electron chi connectivity index (χ3n) is 1.44. The zero-order valence-electron chi connectivity index (χ0n) is 6.55. The zero-order valence-corrected chi connectivity index (χ0v) is 6.55. The van der Waals surface area contributed by atoms with Crippen molar-refractivity contribution in [1.29, 1.82) is 0 Å². The van der Waals surface area contributed by atoms with Gasteiger partial charge in [-0.05, 0) is 19.8 Å². The van der Waals surface area contributed by atoms with Gasteiger partial charge in [-0.1, -0.05) is 12.8 Å². The second-order valence-electron chi connectivity index (χ2n) is 2.65. The van der Waals surface area contributed by atoms with E-state index < -0.39 is 0 Å². The molecule has 0 aromatic rings. The first-order valence-corrected chi connectivity index (χ1v) is 3.89. The van der Waals surface area contributed by atoms with Crippen molar-refractivity contribution in [2.75, 3.05) is 0 Å². The Morgan fingerprint density at radius 1 is 1.40 bits per heavy atom. The van der Waals surface area contributed by atoms with Crippen molar-refractivity contribution < 1.29 is 9.90 Å². The second-order valence-corrected chi connectivity index (χ2v) is 2.65. The van der Waals surface area contributed by atoms with Crippen molar-refractivity contribution in [2.24, 2.45) is 0 Å². The van der Waals surface area contributed by atoms with Crippen LogP contribution in [0.1, 0.15) is 39.0 Å². The van der Waals surface area contributed by atoms with Crippen LogP contribution in [0, 0.1) is 0 Å². The van der Waals surface area contributed by atoms with Crippen LogP contribution in [0.3, 0.4) is 0 Å². The third-order valence-corrected chi connectivity index (χ3v) is 1.44. The summed E-state index contributed by atoms with van der Waals surface area (Å²) < 4.78 is 0. The SMILES string of the molecule is CC(O)CCCCCC=O. The summed E-state index contributed by atoms with van der Waals surface area (Å²) in [5.41, 5.74) is 0. The summed E-state index contributed by atoms with van der Waals surface area (Å²) in [4.78, 5) is 9.85. The molecule has 0 rings (SSSR count). The standard InChI is InChI=1S/C8H16O2/c1-8(10)6-4-2-3-5-7-9/h7-8,10H,2-6H2,1H3. The van der Waals surface area contributed by atoms with Gasteiger partial charge in [-0.25, -0.2) is 0 Å². The number of aldehydes is 1. The smallest absolute Gasteiger partial charge is 0.119 e. The monoisotopic (exact) mass is 144 g/mol. The van der Waals surface area contributed by atoms with E-state index in [2.05, 4.69) is 0 Å². The number of aliphatic hydroxyl groups is 1. The molecule has 0 aliphatic rings. The second kappa shape index (κ2) is 6.75. The van der Waals surface area contributed by atoms with E-state index in [1.165, 1.54) is 0 Å². The number of carbonyl (C=O) groups excluding carboxylic acids is 1. The fraction of sp³-hybridized carbons (Fsp3) is 0.875. The molecule has 1 atom stereocenters. The molecule has 0 aromatic heterocycles. The molecule has 2 heteroatoms. The Labute approximate surface area is 62.2 Å². The summed E-state index contributed by atoms with van der Waals surface area (Å²) in [5.74, 6) is 0. The highest BCUT2D eigenvalue weighted by Gasteiger charge is 1.94. The van der Waals surface area contributed by atoms with Crippen LogP contribution in [0.2, 0.25) is 0 Å². The minimum Gasteiger partial charge on any atom is -0.393 e. The third kappa shape index (κ3) is 7.63. The Morgan fingerprint density at radius 3 is 2.60 bits per heavy atom. The Hall–Kier alpha value is -0.370. The first kappa shape index (κ1) is 9.63. The van der Waals surface area contributed by atoms with E-state index in [0.29, 0.717) is 6.42 Å². The van der Waals surface area contributed by atoms with Gasteiger partial charge in [0.2, 0.25) is 0 Å². The summed E-state index contributed by atoms with van der Waals surface area (Å²) in [7, 11) is 0. The fourth-order valence-electron chi connectivity index (χ4n) is 0.844. The Morgan fingerprint density at radius 2 is 2.10 bits per heavy atom. The van der Waals surface area contributed by atoms with Crippen LogP contribution in [-0.2, 0) is 4.79 Å². The van der Waals surface area contributed by atoms with Crippen LogP contribution in [0.4, 0.5) is 0 Å². The number of hydrogen-bond donors (Lipinski definition) is 1. The van der Waals surface area contributed by atoms with E-state index in [4.69, 9.17) is 5.11 Å². The number of carbonyl (C=O) groups is 1. The summed E-state index contributed by atoms with van der Waals surface area (Å²) >= 11 is 0. The molecule has 0 fully saturated rings. The quantitative estimate of drug-likeness (QED) is 0.453. The van der Waals surface area contributed by atoms with Crippen LogP contribution >= 0.6 is 0 Å². The highest BCUT2D eigenvalue weighted by Crippen LogP contribution is 2.03. The summed E-state index contributed by atoms with van der Waals surface area (Å²) in [6, 6.07) is 0. The van der Waals surface area contributed by atoms with Gasteiger partial charge in [0.05, 0.1) is 6.10 Å². The lowest BCUT2D eigenvalue weighted by Crippen LogP contribution is -1.98. The Balaban J connectivity index is 2.83. The largest absolute Gasteiger partial charge is 0.393 e. The average Bonchev–Trinajstić information content (AvgIpc) is 1.87. The van der Waals surface area contributed by atoms with Crippen LogP contribution in [-0.4, -0.2) is 17.5 Å². The molecule has 0 bridgehead atoms. The molecule has 0 spiro atoms. The molecule has 0 amide bonds. The maximum absolute atomic E-state index is 9.85. The molecule has 2 nitrogen and oxygen atoms in total. The molecule has 60 valence electrons. The normalized spacial score (nSPS) is 13.0. The molecule has 1 N–H and O–H groups in total. The topological polar surface area (TPSA) is 37.3 Å². The minimum atomic E-state index is -0.184. The van der Waals surface area contributed by atoms with Gasteiger partial charge in [0, 0.05) is 6.42 Å². The number of unbranched alkanes of at least 4 members (excludes halogenated alkanes) is 3. The van der Waals surface area contributed by atoms with Gasteiger partial charge in [0.1, 0.15) is 6.29 Å². The lowest BCUT2D eigenvalue weighted by atomic mass is 10.1. The number of aliphatic hydroxyl groups excluding tert-OH is 1. The van der Waals surface area contributed by atoms with Crippen molar-refractivity contribution in [3.8, 4) is 0 Å². The van der Waals surface area contributed by atoms with Gasteiger partial charge >= 0.3 is 0 Å². The first-order valence-electron chi connectivity index (χ1n) is 3.89. The molecular weight excluding hydrogens is 128 g/mol. The van der Waals surface area contributed by atoms with Crippen LogP contribution < -0.4 is 0 Å². The average molecular weight is 144 g/mol. The van der Waals surface area contributed by atoms with Crippen molar-refractivity contribution >= 4 is 6.29 Å². The lowest BCUT2D eigenvalue weighted by Gasteiger charge is -2.01. The summed E-state index contributed by atoms with van der Waals surface area (Å²) in [6.07, 6.45) is 5.35. The lowest BCUT2D eigenvalue weighted by molar-refractivity contribution is -0.107. The van der Waals surface area contributed by atoms with Gasteiger partial charge in [0.25, 0.3) is 0 Å². The first-order chi connectivity index (χ1) is 4.77. The van der Waals surface area contributed by atoms with Gasteiger partial charge in [0.15, 0.2) is 0 Å². The maximum atomic E-state index is 9.85. The highest BCUT2D eigenvalue weighted by molar-refractivity contribution is 5.48. The molecule has 0 aliphatic carbocycles. The number of rotatable bonds is 6. The molecule has 1 unspecified atom stereocenters. The van der Waals surface area contributed by atoms with Crippen molar-refractivity contribution in [1.82, 2.24) is 0 Å². The Kier molecular flexibility index (Phi) is 6.50.